The van der Waals surface area contributed by atoms with Crippen LogP contribution in [0.2, 0.25) is 0 Å². The lowest BCUT2D eigenvalue weighted by atomic mass is 9.97. The fourth-order valence-corrected chi connectivity index (χ4v) is 3.82. The third-order valence-electron chi connectivity index (χ3n) is 5.92. The minimum absolute atomic E-state index is 0.0174. The molecular weight excluding hydrogens is 541 g/mol. The number of hydrogen-bond acceptors (Lipinski definition) is 8. The Morgan fingerprint density at radius 3 is 2.10 bits per heavy atom. The number of pyridine rings is 1. The van der Waals surface area contributed by atoms with E-state index < -0.39 is 11.7 Å². The van der Waals surface area contributed by atoms with Gasteiger partial charge < -0.3 is 34.1 Å². The Balaban J connectivity index is 1.37. The normalized spacial score (nSPS) is 11.7. The molecule has 0 bridgehead atoms. The van der Waals surface area contributed by atoms with Crippen molar-refractivity contribution in [3.8, 4) is 28.0 Å². The summed E-state index contributed by atoms with van der Waals surface area (Å²) in [6, 6.07) is 13.4. The van der Waals surface area contributed by atoms with Crippen LogP contribution >= 0.6 is 0 Å². The number of alkyl halides is 3. The minimum Gasteiger partial charge on any atom is -0.507 e. The number of ether oxygens (including phenoxy) is 5. The molecule has 0 radical (unpaired) electrons. The van der Waals surface area contributed by atoms with Gasteiger partial charge in [-0.15, -0.1) is 0 Å². The van der Waals surface area contributed by atoms with Crippen LogP contribution in [-0.4, -0.2) is 83.1 Å². The van der Waals surface area contributed by atoms with E-state index in [0.29, 0.717) is 93.9 Å². The van der Waals surface area contributed by atoms with Gasteiger partial charge in [0.05, 0.1) is 70.7 Å². The van der Waals surface area contributed by atoms with E-state index in [1.807, 2.05) is 0 Å². The number of hydrogen-bond donors (Lipinski definition) is 2. The van der Waals surface area contributed by atoms with Gasteiger partial charge in [0.2, 0.25) is 0 Å². The maximum atomic E-state index is 13.2. The smallest absolute Gasteiger partial charge is 0.416 e. The molecule has 0 saturated heterocycles. The number of aromatic nitrogens is 1. The Bertz CT molecular complexity index is 1180. The summed E-state index contributed by atoms with van der Waals surface area (Å²) < 4.78 is 66.3. The molecule has 0 aliphatic heterocycles. The minimum atomic E-state index is -4.44. The predicted octanol–water partition coefficient (Wildman–Crippen LogP) is 4.94. The van der Waals surface area contributed by atoms with Crippen LogP contribution in [0.1, 0.15) is 11.3 Å². The van der Waals surface area contributed by atoms with Crippen molar-refractivity contribution in [2.75, 3.05) is 73.1 Å². The second-order valence-electron chi connectivity index (χ2n) is 8.98. The van der Waals surface area contributed by atoms with Crippen LogP contribution in [0.25, 0.3) is 22.3 Å². The summed E-state index contributed by atoms with van der Waals surface area (Å²) >= 11 is 0. The molecule has 3 rings (SSSR count). The van der Waals surface area contributed by atoms with Gasteiger partial charge in [-0.1, -0.05) is 18.2 Å². The number of aromatic hydroxyl groups is 1. The van der Waals surface area contributed by atoms with Crippen LogP contribution in [0.15, 0.2) is 60.8 Å². The Labute approximate surface area is 238 Å². The molecule has 1 heterocycles. The van der Waals surface area contributed by atoms with E-state index in [0.717, 1.165) is 12.1 Å². The molecule has 0 atom stereocenters. The molecule has 2 N–H and O–H groups in total. The lowest BCUT2D eigenvalue weighted by Gasteiger charge is -2.12. The van der Waals surface area contributed by atoms with Crippen molar-refractivity contribution in [3.63, 3.8) is 0 Å². The second kappa shape index (κ2) is 17.7. The largest absolute Gasteiger partial charge is 0.507 e. The number of rotatable bonds is 19. The summed E-state index contributed by atoms with van der Waals surface area (Å²) in [4.78, 5) is 4.32. The van der Waals surface area contributed by atoms with Crippen molar-refractivity contribution in [1.29, 1.82) is 0 Å². The number of phenols is 1. The number of phenolic OH excluding ortho intramolecular Hbond substituents is 1. The van der Waals surface area contributed by atoms with Crippen molar-refractivity contribution in [3.05, 3.63) is 72.1 Å². The van der Waals surface area contributed by atoms with Crippen LogP contribution in [0.4, 0.5) is 13.2 Å². The topological polar surface area (TPSA) is 91.3 Å². The summed E-state index contributed by atoms with van der Waals surface area (Å²) in [5.41, 5.74) is 2.08. The zero-order valence-electron chi connectivity index (χ0n) is 23.1. The molecular formula is C30H37F3N2O6. The molecule has 0 unspecified atom stereocenters. The van der Waals surface area contributed by atoms with Gasteiger partial charge in [-0.25, -0.2) is 0 Å². The molecule has 41 heavy (non-hydrogen) atoms. The van der Waals surface area contributed by atoms with Gasteiger partial charge in [-0.05, 0) is 53.1 Å². The molecule has 0 saturated carbocycles. The van der Waals surface area contributed by atoms with Crippen LogP contribution in [0, 0.1) is 0 Å². The van der Waals surface area contributed by atoms with E-state index in [4.69, 9.17) is 23.7 Å². The van der Waals surface area contributed by atoms with Gasteiger partial charge in [-0.3, -0.25) is 4.98 Å². The lowest BCUT2D eigenvalue weighted by molar-refractivity contribution is -0.137. The molecule has 224 valence electrons. The lowest BCUT2D eigenvalue weighted by Crippen LogP contribution is -2.24. The zero-order chi connectivity index (χ0) is 29.3. The third-order valence-corrected chi connectivity index (χ3v) is 5.92. The van der Waals surface area contributed by atoms with E-state index in [9.17, 15) is 18.3 Å². The average molecular weight is 579 g/mol. The zero-order valence-corrected chi connectivity index (χ0v) is 23.1. The van der Waals surface area contributed by atoms with E-state index in [2.05, 4.69) is 10.3 Å². The van der Waals surface area contributed by atoms with Crippen LogP contribution < -0.4 is 5.32 Å². The molecule has 0 aliphatic rings. The number of nitrogens with one attached hydrogen (secondary N) is 1. The van der Waals surface area contributed by atoms with E-state index in [1.165, 1.54) is 12.1 Å². The molecule has 0 amide bonds. The van der Waals surface area contributed by atoms with Crippen molar-refractivity contribution in [2.45, 2.75) is 12.8 Å². The molecule has 0 fully saturated rings. The van der Waals surface area contributed by atoms with Crippen molar-refractivity contribution >= 4 is 0 Å². The monoisotopic (exact) mass is 578 g/mol. The standard InChI is InChI=1S/C30H37F3N2O6/c1-37-13-14-39-17-18-40-16-15-38-11-9-34-10-12-41-22-27-20-25(7-8-35-27)28-21-24(5-6-29(28)36)23-3-2-4-26(19-23)30(31,32)33/h2-8,19-21,34,36H,9-18,22H2,1H3. The highest BCUT2D eigenvalue weighted by Crippen LogP contribution is 2.36. The van der Waals surface area contributed by atoms with Crippen LogP contribution in [0.3, 0.4) is 0 Å². The summed E-state index contributed by atoms with van der Waals surface area (Å²) in [6.07, 6.45) is -2.83. The molecule has 11 heteroatoms. The SMILES string of the molecule is COCCOCCOCCOCCNCCOCc1cc(-c2cc(-c3cccc(C(F)(F)F)c3)ccc2O)ccn1. The first-order valence-electron chi connectivity index (χ1n) is 13.3. The van der Waals surface area contributed by atoms with Crippen molar-refractivity contribution < 1.29 is 42.0 Å². The fraction of sp³-hybridized carbons (Fsp3) is 0.433. The highest BCUT2D eigenvalue weighted by atomic mass is 19.4. The summed E-state index contributed by atoms with van der Waals surface area (Å²) in [7, 11) is 1.63. The molecule has 0 aliphatic carbocycles. The molecule has 2 aromatic carbocycles. The maximum absolute atomic E-state index is 13.2. The second-order valence-corrected chi connectivity index (χ2v) is 8.98. The molecule has 0 spiro atoms. The van der Waals surface area contributed by atoms with Crippen molar-refractivity contribution in [2.24, 2.45) is 0 Å². The van der Waals surface area contributed by atoms with Gasteiger partial charge in [0, 0.05) is 32.0 Å². The van der Waals surface area contributed by atoms with Gasteiger partial charge >= 0.3 is 6.18 Å². The number of benzene rings is 2. The van der Waals surface area contributed by atoms with E-state index in [1.54, 1.807) is 43.6 Å². The first-order valence-corrected chi connectivity index (χ1v) is 13.3. The number of halogens is 3. The Hall–Kier alpha value is -3.06. The summed E-state index contributed by atoms with van der Waals surface area (Å²) in [5.74, 6) is 0.0174. The third kappa shape index (κ3) is 11.8. The Morgan fingerprint density at radius 2 is 1.39 bits per heavy atom. The summed E-state index contributed by atoms with van der Waals surface area (Å²) in [5, 5.41) is 13.7. The summed E-state index contributed by atoms with van der Waals surface area (Å²) in [6.45, 7) is 5.81. The number of nitrogens with zero attached hydrogens (tertiary/aromatic N) is 1. The van der Waals surface area contributed by atoms with Crippen molar-refractivity contribution in [1.82, 2.24) is 10.3 Å². The Morgan fingerprint density at radius 1 is 0.732 bits per heavy atom. The number of methoxy groups -OCH3 is 1. The average Bonchev–Trinajstić information content (AvgIpc) is 2.97. The first-order chi connectivity index (χ1) is 19.9. The molecule has 3 aromatic rings. The van der Waals surface area contributed by atoms with Gasteiger partial charge in [0.15, 0.2) is 0 Å². The van der Waals surface area contributed by atoms with Crippen LogP contribution in [-0.2, 0) is 36.5 Å². The maximum Gasteiger partial charge on any atom is 0.416 e. The van der Waals surface area contributed by atoms with Crippen LogP contribution in [0.5, 0.6) is 5.75 Å². The predicted molar refractivity (Wildman–Crippen MR) is 149 cm³/mol. The highest BCUT2D eigenvalue weighted by Gasteiger charge is 2.30. The quantitative estimate of drug-likeness (QED) is 0.193. The fourth-order valence-electron chi connectivity index (χ4n) is 3.82. The van der Waals surface area contributed by atoms with E-state index in [-0.39, 0.29) is 12.4 Å². The first kappa shape index (κ1) is 32.5. The molecule has 1 aromatic heterocycles. The van der Waals surface area contributed by atoms with Gasteiger partial charge in [-0.2, -0.15) is 13.2 Å². The highest BCUT2D eigenvalue weighted by molar-refractivity contribution is 5.77. The van der Waals surface area contributed by atoms with Gasteiger partial charge in [0.1, 0.15) is 5.75 Å². The van der Waals surface area contributed by atoms with E-state index >= 15 is 0 Å². The van der Waals surface area contributed by atoms with Gasteiger partial charge in [0.25, 0.3) is 0 Å². The Kier molecular flexibility index (Phi) is 14.0. The molecule has 8 nitrogen and oxygen atoms in total.